The number of piperazine rings is 1. The number of benzene rings is 2. The van der Waals surface area contributed by atoms with Gasteiger partial charge >= 0.3 is 18.2 Å². The zero-order chi connectivity index (χ0) is 35.8. The van der Waals surface area contributed by atoms with E-state index >= 15 is 4.39 Å². The average Bonchev–Trinajstić information content (AvgIpc) is 2.98. The molecule has 17 heteroatoms. The molecule has 48 heavy (non-hydrogen) atoms. The number of halogens is 6. The Kier molecular flexibility index (Phi) is 13.0. The first kappa shape index (κ1) is 38.3. The standard InChI is InChI=1S/C31H37ClF5N5O6/c1-30(2,3)48-29(47)40-22(28(45)46)8-9-24(43)38-17-18-4-6-20(26(34)25(18)33)27(44)39-21-7-5-19(32)16-23(21)42-14-12-41(13-15-42)11-10-31(35,36)37/h4-7,16,22H,8-15,17H2,1-3H3,(H,38,43)(H,39,44)(H,40,47)(H,45,46). The molecule has 1 aliphatic heterocycles. The number of rotatable bonds is 12. The van der Waals surface area contributed by atoms with E-state index in [-0.39, 0.29) is 30.6 Å². The second kappa shape index (κ2) is 16.3. The van der Waals surface area contributed by atoms with Crippen LogP contribution in [-0.2, 0) is 20.9 Å². The van der Waals surface area contributed by atoms with Crippen LogP contribution >= 0.6 is 11.6 Å². The fourth-order valence-electron chi connectivity index (χ4n) is 4.73. The van der Waals surface area contributed by atoms with Gasteiger partial charge in [0.25, 0.3) is 5.91 Å². The highest BCUT2D eigenvalue weighted by atomic mass is 35.5. The first-order chi connectivity index (χ1) is 22.3. The second-order valence-corrected chi connectivity index (χ2v) is 12.5. The summed E-state index contributed by atoms with van der Waals surface area (Å²) < 4.78 is 72.9. The number of carboxylic acid groups (broad SMARTS) is 1. The average molecular weight is 706 g/mol. The van der Waals surface area contributed by atoms with Crippen molar-refractivity contribution in [3.8, 4) is 0 Å². The van der Waals surface area contributed by atoms with Crippen LogP contribution in [0.1, 0.15) is 56.0 Å². The minimum atomic E-state index is -4.26. The van der Waals surface area contributed by atoms with Crippen LogP contribution in [0, 0.1) is 11.6 Å². The summed E-state index contributed by atoms with van der Waals surface area (Å²) in [6.07, 6.45) is -6.86. The van der Waals surface area contributed by atoms with E-state index in [9.17, 15) is 41.8 Å². The molecule has 0 radical (unpaired) electrons. The summed E-state index contributed by atoms with van der Waals surface area (Å²) in [5, 5.41) is 16.7. The first-order valence-electron chi connectivity index (χ1n) is 14.9. The maximum Gasteiger partial charge on any atom is 0.408 e. The van der Waals surface area contributed by atoms with Crippen molar-refractivity contribution in [1.29, 1.82) is 0 Å². The maximum absolute atomic E-state index is 15.1. The number of hydrogen-bond donors (Lipinski definition) is 4. The van der Waals surface area contributed by atoms with Crippen LogP contribution in [-0.4, -0.2) is 84.4 Å². The van der Waals surface area contributed by atoms with Gasteiger partial charge in [0.2, 0.25) is 5.91 Å². The van der Waals surface area contributed by atoms with Crippen molar-refractivity contribution in [1.82, 2.24) is 15.5 Å². The topological polar surface area (TPSA) is 140 Å². The lowest BCUT2D eigenvalue weighted by Crippen LogP contribution is -2.47. The molecule has 3 amide bonds. The number of carboxylic acids is 1. The number of hydrogen-bond acceptors (Lipinski definition) is 7. The summed E-state index contributed by atoms with van der Waals surface area (Å²) in [6.45, 7) is 5.49. The van der Waals surface area contributed by atoms with Gasteiger partial charge in [0, 0.05) is 56.3 Å². The van der Waals surface area contributed by atoms with E-state index < -0.39 is 71.9 Å². The zero-order valence-electron chi connectivity index (χ0n) is 26.5. The van der Waals surface area contributed by atoms with E-state index in [1.165, 1.54) is 12.1 Å². The highest BCUT2D eigenvalue weighted by Crippen LogP contribution is 2.31. The van der Waals surface area contributed by atoms with E-state index in [0.717, 1.165) is 12.1 Å². The van der Waals surface area contributed by atoms with Gasteiger partial charge in [-0.2, -0.15) is 13.2 Å². The number of carbonyl (C=O) groups is 4. The molecule has 4 N–H and O–H groups in total. The number of ether oxygens (including phenoxy) is 1. The SMILES string of the molecule is CC(C)(C)OC(=O)NC(CCC(=O)NCc1ccc(C(=O)Nc2ccc(Cl)cc2N2CCN(CCC(F)(F)F)CC2)c(F)c1F)C(=O)O. The highest BCUT2D eigenvalue weighted by molar-refractivity contribution is 6.31. The van der Waals surface area contributed by atoms with Crippen molar-refractivity contribution in [2.45, 2.75) is 64.4 Å². The van der Waals surface area contributed by atoms with Gasteiger partial charge in [-0.1, -0.05) is 17.7 Å². The summed E-state index contributed by atoms with van der Waals surface area (Å²) in [6, 6.07) is 5.22. The molecule has 0 spiro atoms. The molecule has 0 saturated carbocycles. The molecule has 1 fully saturated rings. The number of alkyl carbamates (subject to hydrolysis) is 1. The van der Waals surface area contributed by atoms with E-state index in [0.29, 0.717) is 36.9 Å². The van der Waals surface area contributed by atoms with Gasteiger partial charge in [-0.3, -0.25) is 14.5 Å². The molecule has 264 valence electrons. The molecule has 0 bridgehead atoms. The molecule has 11 nitrogen and oxygen atoms in total. The minimum Gasteiger partial charge on any atom is -0.480 e. The molecule has 1 saturated heterocycles. The van der Waals surface area contributed by atoms with Crippen LogP contribution in [0.3, 0.4) is 0 Å². The Morgan fingerprint density at radius 1 is 1.00 bits per heavy atom. The van der Waals surface area contributed by atoms with Crippen molar-refractivity contribution in [2.75, 3.05) is 42.9 Å². The Bertz CT molecular complexity index is 1500. The second-order valence-electron chi connectivity index (χ2n) is 12.1. The van der Waals surface area contributed by atoms with Gasteiger partial charge in [-0.15, -0.1) is 0 Å². The first-order valence-corrected chi connectivity index (χ1v) is 15.3. The third kappa shape index (κ3) is 11.8. The summed E-state index contributed by atoms with van der Waals surface area (Å²) in [5.74, 6) is -5.94. The van der Waals surface area contributed by atoms with Gasteiger partial charge in [0.1, 0.15) is 11.6 Å². The fourth-order valence-corrected chi connectivity index (χ4v) is 4.89. The third-order valence-corrected chi connectivity index (χ3v) is 7.40. The Morgan fingerprint density at radius 2 is 1.67 bits per heavy atom. The van der Waals surface area contributed by atoms with Gasteiger partial charge in [0.15, 0.2) is 11.6 Å². The van der Waals surface area contributed by atoms with Crippen molar-refractivity contribution in [3.05, 3.63) is 58.1 Å². The Hall–Kier alpha value is -4.18. The Balaban J connectivity index is 1.60. The predicted octanol–water partition coefficient (Wildman–Crippen LogP) is 5.32. The highest BCUT2D eigenvalue weighted by Gasteiger charge is 2.30. The van der Waals surface area contributed by atoms with Crippen molar-refractivity contribution in [3.63, 3.8) is 0 Å². The number of carbonyl (C=O) groups excluding carboxylic acids is 3. The smallest absolute Gasteiger partial charge is 0.408 e. The van der Waals surface area contributed by atoms with Gasteiger partial charge < -0.3 is 30.7 Å². The van der Waals surface area contributed by atoms with E-state index in [2.05, 4.69) is 16.0 Å². The van der Waals surface area contributed by atoms with Crippen LogP contribution in [0.25, 0.3) is 0 Å². The number of nitrogens with one attached hydrogen (secondary N) is 3. The monoisotopic (exact) mass is 705 g/mol. The van der Waals surface area contributed by atoms with Crippen LogP contribution in [0.15, 0.2) is 30.3 Å². The van der Waals surface area contributed by atoms with Gasteiger partial charge in [-0.25, -0.2) is 18.4 Å². The molecular formula is C31H37ClF5N5O6. The molecule has 1 unspecified atom stereocenters. The van der Waals surface area contributed by atoms with Crippen LogP contribution in [0.2, 0.25) is 5.02 Å². The summed E-state index contributed by atoms with van der Waals surface area (Å²) in [4.78, 5) is 52.2. The normalized spacial score (nSPS) is 14.6. The van der Waals surface area contributed by atoms with Crippen molar-refractivity contribution < 1.29 is 51.0 Å². The molecule has 2 aromatic carbocycles. The molecule has 0 aromatic heterocycles. The summed E-state index contributed by atoms with van der Waals surface area (Å²) in [7, 11) is 0. The number of nitrogens with zero attached hydrogens (tertiary/aromatic N) is 2. The van der Waals surface area contributed by atoms with Crippen LogP contribution < -0.4 is 20.9 Å². The van der Waals surface area contributed by atoms with Gasteiger partial charge in [-0.05, 0) is 51.5 Å². The maximum atomic E-state index is 15.1. The minimum absolute atomic E-state index is 0.139. The van der Waals surface area contributed by atoms with E-state index in [1.807, 2.05) is 4.90 Å². The lowest BCUT2D eigenvalue weighted by molar-refractivity contribution is -0.140. The predicted molar refractivity (Wildman–Crippen MR) is 167 cm³/mol. The Labute approximate surface area is 278 Å². The van der Waals surface area contributed by atoms with Crippen molar-refractivity contribution >= 4 is 46.9 Å². The Morgan fingerprint density at radius 3 is 2.27 bits per heavy atom. The zero-order valence-corrected chi connectivity index (χ0v) is 27.2. The molecule has 2 aromatic rings. The van der Waals surface area contributed by atoms with Crippen molar-refractivity contribution in [2.24, 2.45) is 0 Å². The molecule has 0 aliphatic carbocycles. The van der Waals surface area contributed by atoms with Crippen LogP contribution in [0.4, 0.5) is 38.1 Å². The van der Waals surface area contributed by atoms with E-state index in [1.54, 1.807) is 31.7 Å². The largest absolute Gasteiger partial charge is 0.480 e. The molecule has 3 rings (SSSR count). The van der Waals surface area contributed by atoms with Gasteiger partial charge in [0.05, 0.1) is 23.4 Å². The molecule has 1 atom stereocenters. The third-order valence-electron chi connectivity index (χ3n) is 7.16. The number of anilines is 2. The summed E-state index contributed by atoms with van der Waals surface area (Å²) in [5.41, 5.74) is -1.10. The number of amides is 3. The fraction of sp³-hybridized carbons (Fsp3) is 0.484. The summed E-state index contributed by atoms with van der Waals surface area (Å²) >= 11 is 6.16. The number of alkyl halides is 3. The quantitative estimate of drug-likeness (QED) is 0.218. The molecule has 1 aliphatic rings. The molecular weight excluding hydrogens is 669 g/mol. The number of aliphatic carboxylic acids is 1. The molecule has 1 heterocycles. The lowest BCUT2D eigenvalue weighted by Gasteiger charge is -2.37. The lowest BCUT2D eigenvalue weighted by atomic mass is 10.1. The van der Waals surface area contributed by atoms with Crippen LogP contribution in [0.5, 0.6) is 0 Å². The van der Waals surface area contributed by atoms with E-state index in [4.69, 9.17) is 16.3 Å².